The van der Waals surface area contributed by atoms with Crippen molar-refractivity contribution >= 4 is 16.8 Å². The molecule has 0 aliphatic heterocycles. The predicted octanol–water partition coefficient (Wildman–Crippen LogP) is 4.05. The van der Waals surface area contributed by atoms with Gasteiger partial charge in [0.2, 0.25) is 11.8 Å². The van der Waals surface area contributed by atoms with Crippen LogP contribution in [0.2, 0.25) is 0 Å². The van der Waals surface area contributed by atoms with Gasteiger partial charge in [-0.3, -0.25) is 4.79 Å². The highest BCUT2D eigenvalue weighted by molar-refractivity contribution is 5.90. The molecule has 27 heavy (non-hydrogen) atoms. The van der Waals surface area contributed by atoms with Gasteiger partial charge in [-0.15, -0.1) is 0 Å². The highest BCUT2D eigenvalue weighted by Crippen LogP contribution is 2.23. The van der Waals surface area contributed by atoms with Crippen LogP contribution in [0.1, 0.15) is 36.6 Å². The van der Waals surface area contributed by atoms with Gasteiger partial charge in [0, 0.05) is 34.9 Å². The Morgan fingerprint density at radius 1 is 1.33 bits per heavy atom. The van der Waals surface area contributed by atoms with Gasteiger partial charge in [0.25, 0.3) is 0 Å². The van der Waals surface area contributed by atoms with Crippen molar-refractivity contribution < 1.29 is 13.9 Å². The number of ether oxygens (including phenoxy) is 1. The van der Waals surface area contributed by atoms with E-state index in [0.29, 0.717) is 19.0 Å². The van der Waals surface area contributed by atoms with Crippen LogP contribution < -0.4 is 10.1 Å². The predicted molar refractivity (Wildman–Crippen MR) is 103 cm³/mol. The molecule has 1 amide bonds. The van der Waals surface area contributed by atoms with Crippen LogP contribution in [-0.4, -0.2) is 22.5 Å². The van der Waals surface area contributed by atoms with Crippen molar-refractivity contribution in [3.05, 3.63) is 59.2 Å². The molecule has 3 aromatic rings. The van der Waals surface area contributed by atoms with Crippen molar-refractivity contribution in [2.75, 3.05) is 6.61 Å². The third-order valence-corrected chi connectivity index (χ3v) is 4.48. The maximum absolute atomic E-state index is 13.6. The van der Waals surface area contributed by atoms with Crippen LogP contribution in [0.25, 0.3) is 10.9 Å². The second kappa shape index (κ2) is 8.66. The Hall–Kier alpha value is -2.89. The number of unbranched alkanes of at least 4 members (excludes halogenated alkanes) is 1. The summed E-state index contributed by atoms with van der Waals surface area (Å²) in [4.78, 5) is 19.9. The molecule has 2 N–H and O–H groups in total. The van der Waals surface area contributed by atoms with E-state index < -0.39 is 0 Å². The topological polar surface area (TPSA) is 67.0 Å². The maximum Gasteiger partial charge on any atom is 0.224 e. The average molecular weight is 369 g/mol. The summed E-state index contributed by atoms with van der Waals surface area (Å²) in [6, 6.07) is 8.27. The Morgan fingerprint density at radius 3 is 3.00 bits per heavy atom. The van der Waals surface area contributed by atoms with E-state index >= 15 is 0 Å². The Bertz CT molecular complexity index is 936. The molecule has 0 aliphatic carbocycles. The number of benzene rings is 1. The molecule has 0 spiro atoms. The van der Waals surface area contributed by atoms with Crippen LogP contribution in [0.15, 0.2) is 36.5 Å². The van der Waals surface area contributed by atoms with Crippen molar-refractivity contribution in [1.82, 2.24) is 15.3 Å². The van der Waals surface area contributed by atoms with Crippen LogP contribution >= 0.6 is 0 Å². The number of amides is 1. The zero-order valence-electron chi connectivity index (χ0n) is 15.6. The highest BCUT2D eigenvalue weighted by atomic mass is 19.1. The van der Waals surface area contributed by atoms with Crippen LogP contribution in [-0.2, 0) is 17.8 Å². The minimum atomic E-state index is -0.313. The van der Waals surface area contributed by atoms with E-state index in [1.807, 2.05) is 19.1 Å². The monoisotopic (exact) mass is 369 g/mol. The number of fused-ring (bicyclic) bond motifs is 1. The number of carbonyl (C=O) groups excluding carboxylic acids is 1. The third kappa shape index (κ3) is 4.64. The number of hydrogen-bond donors (Lipinski definition) is 2. The molecule has 2 heterocycles. The average Bonchev–Trinajstić information content (AvgIpc) is 2.96. The minimum Gasteiger partial charge on any atom is -0.477 e. The van der Waals surface area contributed by atoms with Gasteiger partial charge < -0.3 is 15.0 Å². The molecule has 0 fully saturated rings. The van der Waals surface area contributed by atoms with E-state index in [0.717, 1.165) is 40.6 Å². The Morgan fingerprint density at radius 2 is 2.19 bits per heavy atom. The number of nitrogens with one attached hydrogen (secondary N) is 2. The van der Waals surface area contributed by atoms with Gasteiger partial charge in [0.1, 0.15) is 5.82 Å². The van der Waals surface area contributed by atoms with Crippen molar-refractivity contribution in [2.24, 2.45) is 0 Å². The first-order valence-corrected chi connectivity index (χ1v) is 9.18. The molecule has 0 unspecified atom stereocenters. The second-order valence-corrected chi connectivity index (χ2v) is 6.54. The molecule has 0 saturated carbocycles. The van der Waals surface area contributed by atoms with Gasteiger partial charge in [-0.05, 0) is 43.2 Å². The van der Waals surface area contributed by atoms with Gasteiger partial charge in [-0.25, -0.2) is 9.37 Å². The van der Waals surface area contributed by atoms with Gasteiger partial charge in [-0.2, -0.15) is 0 Å². The van der Waals surface area contributed by atoms with Crippen LogP contribution in [0, 0.1) is 12.7 Å². The van der Waals surface area contributed by atoms with Crippen LogP contribution in [0.5, 0.6) is 5.88 Å². The number of aryl methyl sites for hydroxylation is 1. The Labute approximate surface area is 158 Å². The first-order valence-electron chi connectivity index (χ1n) is 9.18. The molecule has 142 valence electrons. The number of nitrogens with zero attached hydrogens (tertiary/aromatic N) is 1. The largest absolute Gasteiger partial charge is 0.477 e. The van der Waals surface area contributed by atoms with Crippen molar-refractivity contribution in [3.8, 4) is 5.88 Å². The molecule has 0 radical (unpaired) electrons. The fraction of sp³-hybridized carbons (Fsp3) is 0.333. The summed E-state index contributed by atoms with van der Waals surface area (Å²) >= 11 is 0. The lowest BCUT2D eigenvalue weighted by atomic mass is 10.1. The summed E-state index contributed by atoms with van der Waals surface area (Å²) in [7, 11) is 0. The van der Waals surface area contributed by atoms with E-state index in [4.69, 9.17) is 4.74 Å². The number of aromatic amines is 1. The van der Waals surface area contributed by atoms with E-state index in [-0.39, 0.29) is 18.1 Å². The summed E-state index contributed by atoms with van der Waals surface area (Å²) in [6.45, 7) is 4.93. The highest BCUT2D eigenvalue weighted by Gasteiger charge is 2.14. The molecule has 2 aromatic heterocycles. The normalized spacial score (nSPS) is 10.9. The summed E-state index contributed by atoms with van der Waals surface area (Å²) in [5, 5.41) is 3.65. The number of aromatic nitrogens is 2. The van der Waals surface area contributed by atoms with E-state index in [1.54, 1.807) is 12.3 Å². The van der Waals surface area contributed by atoms with Gasteiger partial charge in [-0.1, -0.05) is 19.4 Å². The molecule has 3 rings (SSSR count). The second-order valence-electron chi connectivity index (χ2n) is 6.54. The van der Waals surface area contributed by atoms with Crippen molar-refractivity contribution in [1.29, 1.82) is 0 Å². The molecule has 5 nitrogen and oxygen atoms in total. The van der Waals surface area contributed by atoms with Gasteiger partial charge in [0.05, 0.1) is 13.0 Å². The SMILES string of the molecule is CCCCOc1ncccc1CNC(=O)Cc1c(C)[nH]c2ccc(F)cc12. The molecule has 0 bridgehead atoms. The molecule has 1 aromatic carbocycles. The smallest absolute Gasteiger partial charge is 0.224 e. The number of halogens is 1. The first-order chi connectivity index (χ1) is 13.1. The zero-order valence-corrected chi connectivity index (χ0v) is 15.6. The maximum atomic E-state index is 13.6. The summed E-state index contributed by atoms with van der Waals surface area (Å²) in [5.41, 5.74) is 3.35. The summed E-state index contributed by atoms with van der Waals surface area (Å²) < 4.78 is 19.3. The van der Waals surface area contributed by atoms with Crippen LogP contribution in [0.4, 0.5) is 4.39 Å². The molecular weight excluding hydrogens is 345 g/mol. The first kappa shape index (κ1) is 18.9. The number of pyridine rings is 1. The van der Waals surface area contributed by atoms with E-state index in [9.17, 15) is 9.18 Å². The lowest BCUT2D eigenvalue weighted by Gasteiger charge is -2.11. The molecular formula is C21H24FN3O2. The Balaban J connectivity index is 1.66. The molecule has 0 aliphatic rings. The lowest BCUT2D eigenvalue weighted by molar-refractivity contribution is -0.120. The summed E-state index contributed by atoms with van der Waals surface area (Å²) in [5.74, 6) is 0.107. The number of hydrogen-bond acceptors (Lipinski definition) is 3. The Kier molecular flexibility index (Phi) is 6.06. The van der Waals surface area contributed by atoms with Gasteiger partial charge in [0.15, 0.2) is 0 Å². The van der Waals surface area contributed by atoms with Gasteiger partial charge >= 0.3 is 0 Å². The fourth-order valence-corrected chi connectivity index (χ4v) is 3.00. The quantitative estimate of drug-likeness (QED) is 0.589. The summed E-state index contributed by atoms with van der Waals surface area (Å²) in [6.07, 6.45) is 3.86. The standard InChI is InChI=1S/C21H24FN3O2/c1-3-4-10-27-21-15(6-5-9-23-21)13-24-20(26)12-17-14(2)25-19-8-7-16(22)11-18(17)19/h5-9,11,25H,3-4,10,12-13H2,1-2H3,(H,24,26). The molecule has 0 saturated heterocycles. The number of H-pyrrole nitrogens is 1. The number of rotatable bonds is 8. The lowest BCUT2D eigenvalue weighted by Crippen LogP contribution is -2.25. The zero-order chi connectivity index (χ0) is 19.2. The van der Waals surface area contributed by atoms with Crippen molar-refractivity contribution in [3.63, 3.8) is 0 Å². The molecule has 0 atom stereocenters. The number of carbonyl (C=O) groups is 1. The van der Waals surface area contributed by atoms with Crippen molar-refractivity contribution in [2.45, 2.75) is 39.7 Å². The third-order valence-electron chi connectivity index (χ3n) is 4.48. The van der Waals surface area contributed by atoms with E-state index in [2.05, 4.69) is 22.2 Å². The fourth-order valence-electron chi connectivity index (χ4n) is 3.00. The van der Waals surface area contributed by atoms with E-state index in [1.165, 1.54) is 12.1 Å². The van der Waals surface area contributed by atoms with Crippen LogP contribution in [0.3, 0.4) is 0 Å². The molecule has 6 heteroatoms. The minimum absolute atomic E-state index is 0.133.